The van der Waals surface area contributed by atoms with Gasteiger partial charge >= 0.3 is 0 Å². The van der Waals surface area contributed by atoms with Crippen molar-refractivity contribution >= 4 is 43.4 Å². The first kappa shape index (κ1) is 9.56. The van der Waals surface area contributed by atoms with E-state index in [0.717, 1.165) is 33.7 Å². The SMILES string of the molecule is O=c1sc2nc3ccccc3nc2sc1=O. The molecule has 2 heterocycles. The summed E-state index contributed by atoms with van der Waals surface area (Å²) in [5.74, 6) is 0. The lowest BCUT2D eigenvalue weighted by atomic mass is 10.3. The number of aromatic nitrogens is 2. The number of hydrogen-bond acceptors (Lipinski definition) is 6. The minimum absolute atomic E-state index is 0.484. The van der Waals surface area contributed by atoms with Crippen LogP contribution in [0.15, 0.2) is 33.9 Å². The van der Waals surface area contributed by atoms with Crippen LogP contribution in [0.1, 0.15) is 0 Å². The largest absolute Gasteiger partial charge is 0.292 e. The molecule has 0 spiro atoms. The molecule has 0 N–H and O–H groups in total. The fraction of sp³-hybridized carbons (Fsp3) is 0. The van der Waals surface area contributed by atoms with Gasteiger partial charge in [0.2, 0.25) is 0 Å². The molecule has 3 rings (SSSR count). The van der Waals surface area contributed by atoms with Crippen molar-refractivity contribution in [3.63, 3.8) is 0 Å². The molecule has 2 aromatic heterocycles. The maximum atomic E-state index is 11.2. The minimum atomic E-state index is -0.484. The van der Waals surface area contributed by atoms with Crippen molar-refractivity contribution < 1.29 is 0 Å². The van der Waals surface area contributed by atoms with Crippen molar-refractivity contribution in [2.75, 3.05) is 0 Å². The minimum Gasteiger partial charge on any atom is -0.272 e. The summed E-state index contributed by atoms with van der Waals surface area (Å²) in [7, 11) is 0. The smallest absolute Gasteiger partial charge is 0.272 e. The van der Waals surface area contributed by atoms with Gasteiger partial charge in [-0.1, -0.05) is 34.8 Å². The van der Waals surface area contributed by atoms with Crippen molar-refractivity contribution in [3.8, 4) is 0 Å². The van der Waals surface area contributed by atoms with Crippen molar-refractivity contribution in [1.29, 1.82) is 0 Å². The van der Waals surface area contributed by atoms with Crippen LogP contribution in [0.25, 0.3) is 20.7 Å². The molecule has 0 fully saturated rings. The molecular weight excluding hydrogens is 244 g/mol. The Morgan fingerprint density at radius 2 is 1.25 bits per heavy atom. The Morgan fingerprint density at radius 3 is 1.69 bits per heavy atom. The monoisotopic (exact) mass is 248 g/mol. The molecule has 0 bridgehead atoms. The highest BCUT2D eigenvalue weighted by Gasteiger charge is 2.05. The molecule has 3 aromatic rings. The lowest BCUT2D eigenvalue weighted by Gasteiger charge is -1.97. The standard InChI is InChI=1S/C10H4N2O2S2/c13-9-10(14)16-8-7(15-9)11-5-3-1-2-4-6(5)12-8/h1-4H. The fourth-order valence-electron chi connectivity index (χ4n) is 1.36. The van der Waals surface area contributed by atoms with Crippen molar-refractivity contribution in [2.24, 2.45) is 0 Å². The predicted octanol–water partition coefficient (Wildman–Crippen LogP) is 1.63. The van der Waals surface area contributed by atoms with Crippen molar-refractivity contribution in [1.82, 2.24) is 9.97 Å². The molecule has 4 nitrogen and oxygen atoms in total. The van der Waals surface area contributed by atoms with Gasteiger partial charge < -0.3 is 0 Å². The van der Waals surface area contributed by atoms with E-state index in [0.29, 0.717) is 9.66 Å². The molecule has 16 heavy (non-hydrogen) atoms. The second kappa shape index (κ2) is 3.43. The van der Waals surface area contributed by atoms with Crippen LogP contribution < -0.4 is 9.48 Å². The van der Waals surface area contributed by atoms with Crippen LogP contribution in [0.3, 0.4) is 0 Å². The van der Waals surface area contributed by atoms with E-state index in [1.54, 1.807) is 0 Å². The van der Waals surface area contributed by atoms with Gasteiger partial charge in [-0.15, -0.1) is 0 Å². The Hall–Kier alpha value is -1.66. The number of benzene rings is 1. The molecule has 0 saturated carbocycles. The van der Waals surface area contributed by atoms with Crippen LogP contribution in [0.5, 0.6) is 0 Å². The highest BCUT2D eigenvalue weighted by atomic mass is 32.1. The Bertz CT molecular complexity index is 739. The normalized spacial score (nSPS) is 11.0. The number of fused-ring (bicyclic) bond motifs is 2. The molecule has 0 unspecified atom stereocenters. The van der Waals surface area contributed by atoms with E-state index in [4.69, 9.17) is 0 Å². The summed E-state index contributed by atoms with van der Waals surface area (Å²) in [5, 5.41) is 0. The first-order valence-electron chi connectivity index (χ1n) is 4.45. The Kier molecular flexibility index (Phi) is 2.05. The van der Waals surface area contributed by atoms with Gasteiger partial charge in [-0.3, -0.25) is 9.59 Å². The van der Waals surface area contributed by atoms with Gasteiger partial charge in [0.25, 0.3) is 9.48 Å². The van der Waals surface area contributed by atoms with Crippen molar-refractivity contribution in [3.05, 3.63) is 43.3 Å². The summed E-state index contributed by atoms with van der Waals surface area (Å²) in [5.41, 5.74) is 1.47. The topological polar surface area (TPSA) is 59.9 Å². The van der Waals surface area contributed by atoms with Crippen LogP contribution >= 0.6 is 22.7 Å². The maximum Gasteiger partial charge on any atom is 0.292 e. The van der Waals surface area contributed by atoms with Gasteiger partial charge in [0.15, 0.2) is 9.66 Å². The summed E-state index contributed by atoms with van der Waals surface area (Å²) in [6.07, 6.45) is 0. The molecule has 78 valence electrons. The van der Waals surface area contributed by atoms with E-state index in [1.165, 1.54) is 0 Å². The fourth-order valence-corrected chi connectivity index (χ4v) is 2.93. The van der Waals surface area contributed by atoms with E-state index < -0.39 is 9.48 Å². The summed E-state index contributed by atoms with van der Waals surface area (Å²) in [6, 6.07) is 7.37. The first-order valence-corrected chi connectivity index (χ1v) is 6.08. The van der Waals surface area contributed by atoms with Gasteiger partial charge in [-0.05, 0) is 12.1 Å². The summed E-state index contributed by atoms with van der Waals surface area (Å²) in [4.78, 5) is 32.1. The van der Waals surface area contributed by atoms with Crippen LogP contribution in [-0.2, 0) is 0 Å². The Labute approximate surface area is 96.9 Å². The quantitative estimate of drug-likeness (QED) is 0.448. The molecule has 0 saturated heterocycles. The second-order valence-electron chi connectivity index (χ2n) is 3.10. The van der Waals surface area contributed by atoms with Gasteiger partial charge in [0.1, 0.15) is 0 Å². The van der Waals surface area contributed by atoms with E-state index >= 15 is 0 Å². The van der Waals surface area contributed by atoms with E-state index in [2.05, 4.69) is 9.97 Å². The number of para-hydroxylation sites is 2. The molecule has 0 aliphatic heterocycles. The predicted molar refractivity (Wildman–Crippen MR) is 65.3 cm³/mol. The zero-order valence-corrected chi connectivity index (χ0v) is 9.47. The Balaban J connectivity index is 2.56. The third kappa shape index (κ3) is 1.43. The lowest BCUT2D eigenvalue weighted by molar-refractivity contribution is 1.44. The molecule has 0 amide bonds. The first-order chi connectivity index (χ1) is 7.74. The van der Waals surface area contributed by atoms with Gasteiger partial charge in [-0.25, -0.2) is 9.97 Å². The molecule has 0 atom stereocenters. The number of hydrogen-bond donors (Lipinski definition) is 0. The van der Waals surface area contributed by atoms with E-state index in [1.807, 2.05) is 24.3 Å². The summed E-state index contributed by atoms with van der Waals surface area (Å²) in [6.45, 7) is 0. The van der Waals surface area contributed by atoms with Crippen molar-refractivity contribution in [2.45, 2.75) is 0 Å². The Morgan fingerprint density at radius 1 is 0.812 bits per heavy atom. The van der Waals surface area contributed by atoms with Gasteiger partial charge in [-0.2, -0.15) is 0 Å². The molecule has 0 aliphatic rings. The van der Waals surface area contributed by atoms with Crippen LogP contribution in [0.4, 0.5) is 0 Å². The zero-order valence-electron chi connectivity index (χ0n) is 7.84. The van der Waals surface area contributed by atoms with Crippen LogP contribution in [0.2, 0.25) is 0 Å². The second-order valence-corrected chi connectivity index (χ2v) is 5.02. The van der Waals surface area contributed by atoms with Gasteiger partial charge in [0.05, 0.1) is 11.0 Å². The van der Waals surface area contributed by atoms with Crippen LogP contribution in [0, 0.1) is 0 Å². The van der Waals surface area contributed by atoms with E-state index in [-0.39, 0.29) is 0 Å². The number of rotatable bonds is 0. The van der Waals surface area contributed by atoms with Crippen LogP contribution in [-0.4, -0.2) is 9.97 Å². The summed E-state index contributed by atoms with van der Waals surface area (Å²) >= 11 is 1.70. The summed E-state index contributed by atoms with van der Waals surface area (Å²) < 4.78 is -0.968. The maximum absolute atomic E-state index is 11.2. The highest BCUT2D eigenvalue weighted by Crippen LogP contribution is 2.17. The molecular formula is C10H4N2O2S2. The zero-order chi connectivity index (χ0) is 11.1. The molecule has 0 radical (unpaired) electrons. The average Bonchev–Trinajstić information content (AvgIpc) is 2.28. The molecule has 1 aromatic carbocycles. The third-order valence-corrected chi connectivity index (χ3v) is 4.01. The van der Waals surface area contributed by atoms with Gasteiger partial charge in [0, 0.05) is 0 Å². The van der Waals surface area contributed by atoms with E-state index in [9.17, 15) is 9.59 Å². The third-order valence-electron chi connectivity index (χ3n) is 2.05. The molecule has 0 aliphatic carbocycles. The number of nitrogens with zero attached hydrogens (tertiary/aromatic N) is 2. The lowest BCUT2D eigenvalue weighted by Crippen LogP contribution is -2.15. The average molecular weight is 248 g/mol. The molecule has 6 heteroatoms. The highest BCUT2D eigenvalue weighted by molar-refractivity contribution is 7.25.